The summed E-state index contributed by atoms with van der Waals surface area (Å²) in [6, 6.07) is 16.2. The van der Waals surface area contributed by atoms with E-state index in [1.54, 1.807) is 12.3 Å². The maximum atomic E-state index is 12.9. The summed E-state index contributed by atoms with van der Waals surface area (Å²) < 4.78 is 40.2. The molecule has 0 aliphatic carbocycles. The summed E-state index contributed by atoms with van der Waals surface area (Å²) in [4.78, 5) is 12.6. The van der Waals surface area contributed by atoms with Crippen LogP contribution in [-0.4, -0.2) is 26.0 Å². The molecule has 0 fully saturated rings. The van der Waals surface area contributed by atoms with Crippen molar-refractivity contribution in [2.75, 3.05) is 5.32 Å². The van der Waals surface area contributed by atoms with Gasteiger partial charge in [-0.1, -0.05) is 41.1 Å². The molecular weight excluding hydrogens is 421 g/mol. The Morgan fingerprint density at radius 1 is 1.03 bits per heavy atom. The minimum absolute atomic E-state index is 0.0444. The Kier molecular flexibility index (Phi) is 5.40. The Balaban J connectivity index is 1.59. The lowest BCUT2D eigenvalue weighted by Gasteiger charge is -2.11. The van der Waals surface area contributed by atoms with Crippen LogP contribution >= 0.6 is 0 Å². The molecular formula is C23H17F3N4O2. The third kappa shape index (κ3) is 4.46. The summed E-state index contributed by atoms with van der Waals surface area (Å²) >= 11 is 0. The molecule has 0 radical (unpaired) electrons. The number of halogens is 3. The van der Waals surface area contributed by atoms with Crippen molar-refractivity contribution in [2.24, 2.45) is 0 Å². The van der Waals surface area contributed by atoms with Crippen LogP contribution < -0.4 is 5.32 Å². The molecule has 0 aliphatic heterocycles. The van der Waals surface area contributed by atoms with E-state index < -0.39 is 17.6 Å². The first-order valence-corrected chi connectivity index (χ1v) is 9.52. The van der Waals surface area contributed by atoms with Crippen molar-refractivity contribution < 1.29 is 23.1 Å². The largest absolute Gasteiger partial charge is 0.507 e. The zero-order chi connectivity index (χ0) is 22.9. The average molecular weight is 438 g/mol. The highest BCUT2D eigenvalue weighted by atomic mass is 19.4. The number of amides is 1. The number of hydrogen-bond acceptors (Lipinski definition) is 4. The Bertz CT molecular complexity index is 1280. The predicted octanol–water partition coefficient (Wildman–Crippen LogP) is 5.22. The SMILES string of the molecule is Cc1ccc(-c2cn(-c3ccc(O)c(C(=O)Nc4cccc(C(F)(F)F)c4)c3)nn2)cc1. The van der Waals surface area contributed by atoms with Crippen LogP contribution in [0.2, 0.25) is 0 Å². The van der Waals surface area contributed by atoms with Crippen LogP contribution in [-0.2, 0) is 6.18 Å². The maximum Gasteiger partial charge on any atom is 0.416 e. The molecule has 6 nitrogen and oxygen atoms in total. The number of aromatic hydroxyl groups is 1. The van der Waals surface area contributed by atoms with E-state index in [4.69, 9.17) is 0 Å². The van der Waals surface area contributed by atoms with Gasteiger partial charge in [0.1, 0.15) is 11.4 Å². The molecule has 32 heavy (non-hydrogen) atoms. The van der Waals surface area contributed by atoms with Gasteiger partial charge in [0.05, 0.1) is 23.0 Å². The van der Waals surface area contributed by atoms with Crippen molar-refractivity contribution in [1.29, 1.82) is 0 Å². The quantitative estimate of drug-likeness (QED) is 0.458. The molecule has 1 amide bonds. The van der Waals surface area contributed by atoms with Gasteiger partial charge >= 0.3 is 6.18 Å². The highest BCUT2D eigenvalue weighted by molar-refractivity contribution is 6.06. The number of hydrogen-bond donors (Lipinski definition) is 2. The first-order chi connectivity index (χ1) is 15.2. The Morgan fingerprint density at radius 3 is 2.50 bits per heavy atom. The lowest BCUT2D eigenvalue weighted by atomic mass is 10.1. The summed E-state index contributed by atoms with van der Waals surface area (Å²) in [5, 5.41) is 20.7. The number of nitrogens with one attached hydrogen (secondary N) is 1. The monoisotopic (exact) mass is 438 g/mol. The minimum atomic E-state index is -4.54. The van der Waals surface area contributed by atoms with Gasteiger partial charge in [0.2, 0.25) is 0 Å². The van der Waals surface area contributed by atoms with E-state index >= 15 is 0 Å². The number of benzene rings is 3. The number of aryl methyl sites for hydroxylation is 1. The number of carbonyl (C=O) groups is 1. The summed E-state index contributed by atoms with van der Waals surface area (Å²) in [7, 11) is 0. The predicted molar refractivity (Wildman–Crippen MR) is 113 cm³/mol. The molecule has 0 unspecified atom stereocenters. The fraction of sp³-hybridized carbons (Fsp3) is 0.0870. The number of rotatable bonds is 4. The number of nitrogens with zero attached hydrogens (tertiary/aromatic N) is 3. The van der Waals surface area contributed by atoms with Crippen molar-refractivity contribution in [3.05, 3.63) is 89.6 Å². The lowest BCUT2D eigenvalue weighted by Crippen LogP contribution is -2.14. The van der Waals surface area contributed by atoms with Crippen LogP contribution in [0.5, 0.6) is 5.75 Å². The molecule has 1 aromatic heterocycles. The molecule has 0 saturated carbocycles. The Hall–Kier alpha value is -4.14. The molecule has 9 heteroatoms. The normalized spacial score (nSPS) is 11.4. The topological polar surface area (TPSA) is 80.0 Å². The van der Waals surface area contributed by atoms with Crippen LogP contribution in [0, 0.1) is 6.92 Å². The molecule has 0 bridgehead atoms. The van der Waals surface area contributed by atoms with Crippen LogP contribution in [0.25, 0.3) is 16.9 Å². The van der Waals surface area contributed by atoms with Crippen molar-refractivity contribution in [2.45, 2.75) is 13.1 Å². The second-order valence-corrected chi connectivity index (χ2v) is 7.15. The van der Waals surface area contributed by atoms with E-state index in [9.17, 15) is 23.1 Å². The van der Waals surface area contributed by atoms with Crippen molar-refractivity contribution in [1.82, 2.24) is 15.0 Å². The van der Waals surface area contributed by atoms with Gasteiger partial charge < -0.3 is 10.4 Å². The van der Waals surface area contributed by atoms with Gasteiger partial charge in [-0.2, -0.15) is 13.2 Å². The van der Waals surface area contributed by atoms with Gasteiger partial charge in [0.15, 0.2) is 0 Å². The third-order valence-electron chi connectivity index (χ3n) is 4.78. The first-order valence-electron chi connectivity index (χ1n) is 9.52. The molecule has 2 N–H and O–H groups in total. The van der Waals surface area contributed by atoms with Gasteiger partial charge in [-0.05, 0) is 43.3 Å². The van der Waals surface area contributed by atoms with Crippen LogP contribution in [0.15, 0.2) is 72.9 Å². The number of phenols is 1. The second kappa shape index (κ2) is 8.18. The number of anilines is 1. The van der Waals surface area contributed by atoms with Crippen LogP contribution in [0.3, 0.4) is 0 Å². The summed E-state index contributed by atoms with van der Waals surface area (Å²) in [5.41, 5.74) is 1.99. The number of aromatic nitrogens is 3. The highest BCUT2D eigenvalue weighted by Gasteiger charge is 2.30. The van der Waals surface area contributed by atoms with Gasteiger partial charge in [0.25, 0.3) is 5.91 Å². The van der Waals surface area contributed by atoms with Gasteiger partial charge in [0, 0.05) is 11.3 Å². The van der Waals surface area contributed by atoms with Crippen molar-refractivity contribution in [3.8, 4) is 22.7 Å². The molecule has 162 valence electrons. The standard InChI is InChI=1S/C23H17F3N4O2/c1-14-5-7-15(8-6-14)20-13-30(29-28-20)18-9-10-21(31)19(12-18)22(32)27-17-4-2-3-16(11-17)23(24,25)26/h2-13,31H,1H3,(H,27,32). The molecule has 1 heterocycles. The van der Waals surface area contributed by atoms with E-state index in [1.165, 1.54) is 28.9 Å². The Morgan fingerprint density at radius 2 is 1.78 bits per heavy atom. The van der Waals surface area contributed by atoms with Crippen LogP contribution in [0.4, 0.5) is 18.9 Å². The van der Waals surface area contributed by atoms with Gasteiger partial charge in [-0.25, -0.2) is 4.68 Å². The lowest BCUT2D eigenvalue weighted by molar-refractivity contribution is -0.137. The number of carbonyl (C=O) groups excluding carboxylic acids is 1. The average Bonchev–Trinajstić information content (AvgIpc) is 3.24. The molecule has 0 spiro atoms. The third-order valence-corrected chi connectivity index (χ3v) is 4.78. The smallest absolute Gasteiger partial charge is 0.416 e. The zero-order valence-electron chi connectivity index (χ0n) is 16.8. The summed E-state index contributed by atoms with van der Waals surface area (Å²) in [6.45, 7) is 1.98. The first kappa shape index (κ1) is 21.1. The molecule has 3 aromatic carbocycles. The second-order valence-electron chi connectivity index (χ2n) is 7.15. The van der Waals surface area contributed by atoms with E-state index in [2.05, 4.69) is 15.6 Å². The Labute approximate surface area is 180 Å². The van der Waals surface area contributed by atoms with Gasteiger partial charge in [-0.15, -0.1) is 5.10 Å². The van der Waals surface area contributed by atoms with Crippen LogP contribution in [0.1, 0.15) is 21.5 Å². The number of phenolic OH excluding ortho intramolecular Hbond substituents is 1. The van der Waals surface area contributed by atoms with E-state index in [0.29, 0.717) is 11.4 Å². The fourth-order valence-electron chi connectivity index (χ4n) is 3.07. The van der Waals surface area contributed by atoms with Crippen molar-refractivity contribution in [3.63, 3.8) is 0 Å². The number of alkyl halides is 3. The van der Waals surface area contributed by atoms with E-state index in [1.807, 2.05) is 31.2 Å². The molecule has 0 atom stereocenters. The molecule has 4 rings (SSSR count). The maximum absolute atomic E-state index is 12.9. The fourth-order valence-corrected chi connectivity index (χ4v) is 3.07. The van der Waals surface area contributed by atoms with Crippen molar-refractivity contribution >= 4 is 11.6 Å². The molecule has 0 aliphatic rings. The zero-order valence-corrected chi connectivity index (χ0v) is 16.8. The van der Waals surface area contributed by atoms with Gasteiger partial charge in [-0.3, -0.25) is 4.79 Å². The van der Waals surface area contributed by atoms with E-state index in [0.717, 1.165) is 23.3 Å². The van der Waals surface area contributed by atoms with E-state index in [-0.39, 0.29) is 17.0 Å². The summed E-state index contributed by atoms with van der Waals surface area (Å²) in [5.74, 6) is -1.08. The molecule has 0 saturated heterocycles. The minimum Gasteiger partial charge on any atom is -0.507 e. The summed E-state index contributed by atoms with van der Waals surface area (Å²) in [6.07, 6.45) is -2.86. The highest BCUT2D eigenvalue weighted by Crippen LogP contribution is 2.31. The molecule has 4 aromatic rings.